The van der Waals surface area contributed by atoms with Gasteiger partial charge in [0.25, 0.3) is 0 Å². The average molecular weight is 283 g/mol. The molecular weight excluding hydrogens is 261 g/mol. The van der Waals surface area contributed by atoms with Crippen molar-refractivity contribution in [2.24, 2.45) is 5.92 Å². The van der Waals surface area contributed by atoms with Crippen molar-refractivity contribution in [3.63, 3.8) is 0 Å². The molecule has 0 radical (unpaired) electrons. The molecule has 0 amide bonds. The molecule has 1 N–H and O–H groups in total. The minimum atomic E-state index is -0.167. The highest BCUT2D eigenvalue weighted by Gasteiger charge is 2.33. The maximum atomic E-state index is 13.4. The van der Waals surface area contributed by atoms with Crippen LogP contribution >= 0.6 is 0 Å². The smallest absolute Gasteiger partial charge is 0.123 e. The molecule has 0 aliphatic heterocycles. The molecule has 0 heterocycles. The topological polar surface area (TPSA) is 12.0 Å². The number of hydrogen-bond acceptors (Lipinski definition) is 1. The predicted octanol–water partition coefficient (Wildman–Crippen LogP) is 4.94. The van der Waals surface area contributed by atoms with Gasteiger partial charge < -0.3 is 5.32 Å². The summed E-state index contributed by atoms with van der Waals surface area (Å²) in [5.41, 5.74) is 3.63. The Kier molecular flexibility index (Phi) is 4.07. The molecule has 3 rings (SSSR count). The Morgan fingerprint density at radius 3 is 2.38 bits per heavy atom. The second kappa shape index (κ2) is 5.98. The molecule has 0 bridgehead atoms. The molecule has 1 aliphatic rings. The fourth-order valence-electron chi connectivity index (χ4n) is 2.85. The first-order valence-electron chi connectivity index (χ1n) is 7.71. The first-order valence-corrected chi connectivity index (χ1v) is 7.71. The standard InChI is InChI=1S/C19H22FN/c1-13-6-8-15(9-7-13)19(16-10-11-16)21-14(2)17-4-3-5-18(20)12-17/h3-9,12,14,16,19,21H,10-11H2,1-2H3. The van der Waals surface area contributed by atoms with E-state index in [-0.39, 0.29) is 11.9 Å². The van der Waals surface area contributed by atoms with Gasteiger partial charge in [-0.25, -0.2) is 4.39 Å². The molecule has 1 aliphatic carbocycles. The minimum absolute atomic E-state index is 0.146. The largest absolute Gasteiger partial charge is 0.303 e. The van der Waals surface area contributed by atoms with Crippen LogP contribution in [0.3, 0.4) is 0 Å². The van der Waals surface area contributed by atoms with Crippen LogP contribution < -0.4 is 5.32 Å². The number of halogens is 1. The molecule has 1 nitrogen and oxygen atoms in total. The summed E-state index contributed by atoms with van der Waals surface area (Å²) in [5, 5.41) is 3.69. The summed E-state index contributed by atoms with van der Waals surface area (Å²) in [6, 6.07) is 16.1. The SMILES string of the molecule is Cc1ccc(C(NC(C)c2cccc(F)c2)C2CC2)cc1. The van der Waals surface area contributed by atoms with Gasteiger partial charge in [0.1, 0.15) is 5.82 Å². The van der Waals surface area contributed by atoms with Gasteiger partial charge in [-0.1, -0.05) is 42.0 Å². The lowest BCUT2D eigenvalue weighted by Crippen LogP contribution is -2.26. The van der Waals surface area contributed by atoms with E-state index >= 15 is 0 Å². The third kappa shape index (κ3) is 3.51. The van der Waals surface area contributed by atoms with Gasteiger partial charge in [0.05, 0.1) is 0 Å². The van der Waals surface area contributed by atoms with Crippen molar-refractivity contribution in [2.75, 3.05) is 0 Å². The molecular formula is C19H22FN. The lowest BCUT2D eigenvalue weighted by molar-refractivity contribution is 0.426. The average Bonchev–Trinajstić information content (AvgIpc) is 3.30. The third-order valence-electron chi connectivity index (χ3n) is 4.31. The highest BCUT2D eigenvalue weighted by atomic mass is 19.1. The molecule has 21 heavy (non-hydrogen) atoms. The van der Waals surface area contributed by atoms with Crippen molar-refractivity contribution in [3.8, 4) is 0 Å². The van der Waals surface area contributed by atoms with Crippen molar-refractivity contribution >= 4 is 0 Å². The Bertz CT molecular complexity index is 601. The van der Waals surface area contributed by atoms with Gasteiger partial charge in [-0.3, -0.25) is 0 Å². The van der Waals surface area contributed by atoms with E-state index in [1.165, 1.54) is 30.0 Å². The Hall–Kier alpha value is -1.67. The van der Waals surface area contributed by atoms with E-state index in [4.69, 9.17) is 0 Å². The third-order valence-corrected chi connectivity index (χ3v) is 4.31. The lowest BCUT2D eigenvalue weighted by atomic mass is 9.98. The fraction of sp³-hybridized carbons (Fsp3) is 0.368. The molecule has 1 saturated carbocycles. The van der Waals surface area contributed by atoms with E-state index in [1.54, 1.807) is 12.1 Å². The second-order valence-electron chi connectivity index (χ2n) is 6.17. The van der Waals surface area contributed by atoms with E-state index in [2.05, 4.69) is 43.4 Å². The minimum Gasteiger partial charge on any atom is -0.303 e. The summed E-state index contributed by atoms with van der Waals surface area (Å²) in [7, 11) is 0. The van der Waals surface area contributed by atoms with Crippen molar-refractivity contribution in [2.45, 2.75) is 38.8 Å². The van der Waals surface area contributed by atoms with Gasteiger partial charge >= 0.3 is 0 Å². The van der Waals surface area contributed by atoms with Crippen LogP contribution in [0.15, 0.2) is 48.5 Å². The maximum absolute atomic E-state index is 13.4. The van der Waals surface area contributed by atoms with Crippen molar-refractivity contribution in [1.29, 1.82) is 0 Å². The zero-order valence-corrected chi connectivity index (χ0v) is 12.6. The first kappa shape index (κ1) is 14.3. The zero-order chi connectivity index (χ0) is 14.8. The molecule has 0 saturated heterocycles. The van der Waals surface area contributed by atoms with Gasteiger partial charge in [-0.2, -0.15) is 0 Å². The van der Waals surface area contributed by atoms with Gasteiger partial charge in [-0.05, 0) is 55.9 Å². The van der Waals surface area contributed by atoms with E-state index in [9.17, 15) is 4.39 Å². The lowest BCUT2D eigenvalue weighted by Gasteiger charge is -2.24. The number of rotatable bonds is 5. The van der Waals surface area contributed by atoms with Gasteiger partial charge in [0.15, 0.2) is 0 Å². The first-order chi connectivity index (χ1) is 10.1. The van der Waals surface area contributed by atoms with Crippen molar-refractivity contribution < 1.29 is 4.39 Å². The van der Waals surface area contributed by atoms with E-state index in [0.717, 1.165) is 5.56 Å². The molecule has 110 valence electrons. The number of benzene rings is 2. The van der Waals surface area contributed by atoms with E-state index in [0.29, 0.717) is 12.0 Å². The van der Waals surface area contributed by atoms with Gasteiger partial charge in [0.2, 0.25) is 0 Å². The Morgan fingerprint density at radius 2 is 1.76 bits per heavy atom. The highest BCUT2D eigenvalue weighted by molar-refractivity contribution is 5.27. The summed E-state index contributed by atoms with van der Waals surface area (Å²) in [5.74, 6) is 0.545. The van der Waals surface area contributed by atoms with E-state index < -0.39 is 0 Å². The summed E-state index contributed by atoms with van der Waals surface area (Å²) >= 11 is 0. The number of aryl methyl sites for hydroxylation is 1. The Labute approximate surface area is 126 Å². The molecule has 0 aromatic heterocycles. The van der Waals surface area contributed by atoms with Crippen LogP contribution in [0.4, 0.5) is 4.39 Å². The summed E-state index contributed by atoms with van der Waals surface area (Å²) in [6.07, 6.45) is 2.56. The fourth-order valence-corrected chi connectivity index (χ4v) is 2.85. The molecule has 1 fully saturated rings. The number of hydrogen-bond donors (Lipinski definition) is 1. The van der Waals surface area contributed by atoms with Crippen LogP contribution in [0.25, 0.3) is 0 Å². The van der Waals surface area contributed by atoms with Crippen LogP contribution in [-0.2, 0) is 0 Å². The quantitative estimate of drug-likeness (QED) is 0.820. The summed E-state index contributed by atoms with van der Waals surface area (Å²) < 4.78 is 13.4. The highest BCUT2D eigenvalue weighted by Crippen LogP contribution is 2.42. The zero-order valence-electron chi connectivity index (χ0n) is 12.6. The number of nitrogens with one attached hydrogen (secondary N) is 1. The van der Waals surface area contributed by atoms with Crippen LogP contribution in [-0.4, -0.2) is 0 Å². The molecule has 2 aromatic carbocycles. The van der Waals surface area contributed by atoms with Gasteiger partial charge in [-0.15, -0.1) is 0 Å². The Morgan fingerprint density at radius 1 is 1.05 bits per heavy atom. The van der Waals surface area contributed by atoms with Crippen LogP contribution in [0, 0.1) is 18.7 Å². The maximum Gasteiger partial charge on any atom is 0.123 e. The predicted molar refractivity (Wildman–Crippen MR) is 84.6 cm³/mol. The second-order valence-corrected chi connectivity index (χ2v) is 6.17. The van der Waals surface area contributed by atoms with Crippen LogP contribution in [0.5, 0.6) is 0 Å². The monoisotopic (exact) mass is 283 g/mol. The summed E-state index contributed by atoms with van der Waals surface area (Å²) in [6.45, 7) is 4.22. The normalized spacial score (nSPS) is 17.5. The molecule has 2 unspecified atom stereocenters. The van der Waals surface area contributed by atoms with Crippen LogP contribution in [0.2, 0.25) is 0 Å². The van der Waals surface area contributed by atoms with E-state index in [1.807, 2.05) is 6.07 Å². The molecule has 2 atom stereocenters. The van der Waals surface area contributed by atoms with Crippen molar-refractivity contribution in [3.05, 3.63) is 71.0 Å². The van der Waals surface area contributed by atoms with Gasteiger partial charge in [0, 0.05) is 12.1 Å². The van der Waals surface area contributed by atoms with Crippen LogP contribution in [0.1, 0.15) is 48.5 Å². The Balaban J connectivity index is 1.77. The summed E-state index contributed by atoms with van der Waals surface area (Å²) in [4.78, 5) is 0. The molecule has 2 heteroatoms. The van der Waals surface area contributed by atoms with Crippen molar-refractivity contribution in [1.82, 2.24) is 5.32 Å². The molecule has 0 spiro atoms. The molecule has 2 aromatic rings.